The number of sulfonamides is 1. The van der Waals surface area contributed by atoms with Crippen molar-refractivity contribution in [1.29, 1.82) is 0 Å². The van der Waals surface area contributed by atoms with Crippen LogP contribution in [0, 0.1) is 6.92 Å². The van der Waals surface area contributed by atoms with Gasteiger partial charge in [0, 0.05) is 18.5 Å². The van der Waals surface area contributed by atoms with Crippen molar-refractivity contribution in [2.24, 2.45) is 0 Å². The average molecular weight is 315 g/mol. The molecule has 108 valence electrons. The second-order valence-electron chi connectivity index (χ2n) is 4.29. The highest BCUT2D eigenvalue weighted by molar-refractivity contribution is 7.92. The molecule has 0 unspecified atom stereocenters. The summed E-state index contributed by atoms with van der Waals surface area (Å²) >= 11 is 5.83. The van der Waals surface area contributed by atoms with Gasteiger partial charge in [0.25, 0.3) is 10.0 Å². The number of hydrogen-bond donors (Lipinski definition) is 0. The standard InChI is InChI=1S/C13H15ClN2O3S/c1-4-12-9(2)15-13(19-12)16(3)20(17,18)11-7-5-6-10(14)8-11/h5-8H,4H2,1-3H3. The number of oxazole rings is 1. The monoisotopic (exact) mass is 314 g/mol. The molecule has 0 fully saturated rings. The van der Waals surface area contributed by atoms with Gasteiger partial charge in [-0.2, -0.15) is 4.98 Å². The van der Waals surface area contributed by atoms with Gasteiger partial charge in [-0.05, 0) is 25.1 Å². The molecule has 0 atom stereocenters. The fourth-order valence-electron chi connectivity index (χ4n) is 1.76. The van der Waals surface area contributed by atoms with E-state index < -0.39 is 10.0 Å². The van der Waals surface area contributed by atoms with Crippen LogP contribution in [0.15, 0.2) is 33.6 Å². The number of nitrogens with zero attached hydrogens (tertiary/aromatic N) is 2. The van der Waals surface area contributed by atoms with Gasteiger partial charge in [-0.25, -0.2) is 12.7 Å². The lowest BCUT2D eigenvalue weighted by atomic mass is 10.3. The van der Waals surface area contributed by atoms with E-state index in [0.29, 0.717) is 22.9 Å². The Morgan fingerprint density at radius 2 is 2.10 bits per heavy atom. The van der Waals surface area contributed by atoms with Crippen molar-refractivity contribution in [3.8, 4) is 0 Å². The lowest BCUT2D eigenvalue weighted by Gasteiger charge is -2.15. The zero-order valence-corrected chi connectivity index (χ0v) is 13.0. The van der Waals surface area contributed by atoms with E-state index in [2.05, 4.69) is 4.98 Å². The van der Waals surface area contributed by atoms with Gasteiger partial charge in [-0.15, -0.1) is 0 Å². The molecule has 7 heteroatoms. The minimum absolute atomic E-state index is 0.0549. The lowest BCUT2D eigenvalue weighted by Crippen LogP contribution is -2.26. The minimum atomic E-state index is -3.73. The largest absolute Gasteiger partial charge is 0.428 e. The van der Waals surface area contributed by atoms with Gasteiger partial charge >= 0.3 is 6.01 Å². The van der Waals surface area contributed by atoms with Crippen LogP contribution in [-0.4, -0.2) is 20.4 Å². The highest BCUT2D eigenvalue weighted by atomic mass is 35.5. The van der Waals surface area contributed by atoms with Crippen LogP contribution in [0.3, 0.4) is 0 Å². The molecule has 20 heavy (non-hydrogen) atoms. The first-order chi connectivity index (χ1) is 9.36. The summed E-state index contributed by atoms with van der Waals surface area (Å²) in [5.41, 5.74) is 0.690. The molecule has 0 bridgehead atoms. The van der Waals surface area contributed by atoms with Gasteiger partial charge in [0.15, 0.2) is 0 Å². The topological polar surface area (TPSA) is 63.4 Å². The number of anilines is 1. The van der Waals surface area contributed by atoms with E-state index in [-0.39, 0.29) is 10.9 Å². The third-order valence-electron chi connectivity index (χ3n) is 2.93. The second kappa shape index (κ2) is 5.46. The fraction of sp³-hybridized carbons (Fsp3) is 0.308. The summed E-state index contributed by atoms with van der Waals surface area (Å²) in [7, 11) is -2.33. The van der Waals surface area contributed by atoms with E-state index >= 15 is 0 Å². The molecule has 1 aromatic heterocycles. The van der Waals surface area contributed by atoms with Gasteiger partial charge in [0.1, 0.15) is 5.76 Å². The number of benzene rings is 1. The predicted octanol–water partition coefficient (Wildman–Crippen LogP) is 3.02. The number of halogens is 1. The zero-order valence-electron chi connectivity index (χ0n) is 11.4. The van der Waals surface area contributed by atoms with Gasteiger partial charge in [0.05, 0.1) is 10.6 Å². The molecule has 0 N–H and O–H groups in total. The van der Waals surface area contributed by atoms with Crippen molar-refractivity contribution in [3.05, 3.63) is 40.7 Å². The van der Waals surface area contributed by atoms with Gasteiger partial charge in [-0.1, -0.05) is 24.6 Å². The molecule has 0 spiro atoms. The Bertz CT molecular complexity index is 725. The van der Waals surface area contributed by atoms with Crippen molar-refractivity contribution in [1.82, 2.24) is 4.98 Å². The van der Waals surface area contributed by atoms with Crippen LogP contribution in [0.25, 0.3) is 0 Å². The molecule has 2 rings (SSSR count). The molecule has 2 aromatic rings. The molecule has 5 nitrogen and oxygen atoms in total. The predicted molar refractivity (Wildman–Crippen MR) is 77.7 cm³/mol. The number of hydrogen-bond acceptors (Lipinski definition) is 4. The van der Waals surface area contributed by atoms with E-state index in [1.54, 1.807) is 19.1 Å². The van der Waals surface area contributed by atoms with Gasteiger partial charge in [-0.3, -0.25) is 0 Å². The average Bonchev–Trinajstić information content (AvgIpc) is 2.79. The maximum Gasteiger partial charge on any atom is 0.311 e. The van der Waals surface area contributed by atoms with Crippen molar-refractivity contribution in [2.45, 2.75) is 25.2 Å². The molecule has 0 radical (unpaired) electrons. The summed E-state index contributed by atoms with van der Waals surface area (Å²) < 4.78 is 31.4. The summed E-state index contributed by atoms with van der Waals surface area (Å²) in [6.45, 7) is 3.70. The van der Waals surface area contributed by atoms with E-state index in [0.717, 1.165) is 4.31 Å². The fourth-order valence-corrected chi connectivity index (χ4v) is 3.15. The maximum absolute atomic E-state index is 12.5. The molecule has 0 aliphatic rings. The Morgan fingerprint density at radius 3 is 2.65 bits per heavy atom. The van der Waals surface area contributed by atoms with Crippen molar-refractivity contribution in [2.75, 3.05) is 11.4 Å². The van der Waals surface area contributed by atoms with Crippen LogP contribution in [0.2, 0.25) is 5.02 Å². The third kappa shape index (κ3) is 2.66. The molecule has 0 aliphatic heterocycles. The SMILES string of the molecule is CCc1oc(N(C)S(=O)(=O)c2cccc(Cl)c2)nc1C. The number of aromatic nitrogens is 1. The molecule has 0 aliphatic carbocycles. The quantitative estimate of drug-likeness (QED) is 0.870. The first kappa shape index (κ1) is 14.9. The molecular weight excluding hydrogens is 300 g/mol. The summed E-state index contributed by atoms with van der Waals surface area (Å²) in [5.74, 6) is 0.674. The Hall–Kier alpha value is -1.53. The molecule has 0 saturated carbocycles. The molecule has 1 aromatic carbocycles. The summed E-state index contributed by atoms with van der Waals surface area (Å²) in [6.07, 6.45) is 0.657. The normalized spacial score (nSPS) is 11.6. The van der Waals surface area contributed by atoms with E-state index in [4.69, 9.17) is 16.0 Å². The Balaban J connectivity index is 2.43. The van der Waals surface area contributed by atoms with Crippen LogP contribution < -0.4 is 4.31 Å². The third-order valence-corrected chi connectivity index (χ3v) is 4.89. The highest BCUT2D eigenvalue weighted by Crippen LogP contribution is 2.25. The highest BCUT2D eigenvalue weighted by Gasteiger charge is 2.25. The van der Waals surface area contributed by atoms with E-state index in [9.17, 15) is 8.42 Å². The van der Waals surface area contributed by atoms with Crippen molar-refractivity contribution in [3.63, 3.8) is 0 Å². The Labute approximate surface area is 123 Å². The van der Waals surface area contributed by atoms with E-state index in [1.807, 2.05) is 6.92 Å². The van der Waals surface area contributed by atoms with Crippen LogP contribution in [0.1, 0.15) is 18.4 Å². The Morgan fingerprint density at radius 1 is 1.40 bits per heavy atom. The summed E-state index contributed by atoms with van der Waals surface area (Å²) in [6, 6.07) is 6.13. The summed E-state index contributed by atoms with van der Waals surface area (Å²) in [5, 5.41) is 0.359. The van der Waals surface area contributed by atoms with Gasteiger partial charge in [0.2, 0.25) is 0 Å². The first-order valence-corrected chi connectivity index (χ1v) is 7.89. The Kier molecular flexibility index (Phi) is 4.06. The number of aryl methyl sites for hydroxylation is 2. The number of rotatable bonds is 4. The molecule has 1 heterocycles. The minimum Gasteiger partial charge on any atom is -0.428 e. The molecular formula is C13H15ClN2O3S. The van der Waals surface area contributed by atoms with Gasteiger partial charge < -0.3 is 4.42 Å². The molecule has 0 saturated heterocycles. The van der Waals surface area contributed by atoms with Crippen LogP contribution >= 0.6 is 11.6 Å². The van der Waals surface area contributed by atoms with Crippen LogP contribution in [-0.2, 0) is 16.4 Å². The maximum atomic E-state index is 12.5. The van der Waals surface area contributed by atoms with E-state index in [1.165, 1.54) is 19.2 Å². The van der Waals surface area contributed by atoms with Crippen molar-refractivity contribution >= 4 is 27.6 Å². The molecule has 0 amide bonds. The van der Waals surface area contributed by atoms with Crippen molar-refractivity contribution < 1.29 is 12.8 Å². The summed E-state index contributed by atoms with van der Waals surface area (Å²) in [4.78, 5) is 4.24. The van der Waals surface area contributed by atoms with Crippen LogP contribution in [0.5, 0.6) is 0 Å². The first-order valence-electron chi connectivity index (χ1n) is 6.07. The second-order valence-corrected chi connectivity index (χ2v) is 6.69. The van der Waals surface area contributed by atoms with Crippen LogP contribution in [0.4, 0.5) is 6.01 Å². The zero-order chi connectivity index (χ0) is 14.9. The lowest BCUT2D eigenvalue weighted by molar-refractivity contribution is 0.511. The smallest absolute Gasteiger partial charge is 0.311 e.